The molecule has 0 saturated heterocycles. The average molecular weight is 276 g/mol. The zero-order valence-electron chi connectivity index (χ0n) is 12.6. The van der Waals surface area contributed by atoms with Crippen LogP contribution >= 0.6 is 0 Å². The van der Waals surface area contributed by atoms with Crippen LogP contribution in [0.15, 0.2) is 18.6 Å². The highest BCUT2D eigenvalue weighted by molar-refractivity contribution is 5.02. The minimum Gasteiger partial charge on any atom is -0.311 e. The van der Waals surface area contributed by atoms with E-state index in [0.29, 0.717) is 12.5 Å². The van der Waals surface area contributed by atoms with Gasteiger partial charge in [0.15, 0.2) is 0 Å². The quantitative estimate of drug-likeness (QED) is 0.797. The lowest BCUT2D eigenvalue weighted by molar-refractivity contribution is 0.507. The molecular formula is C14H24N6. The van der Waals surface area contributed by atoms with Gasteiger partial charge in [-0.1, -0.05) is 20.8 Å². The lowest BCUT2D eigenvalue weighted by Gasteiger charge is -2.10. The summed E-state index contributed by atoms with van der Waals surface area (Å²) in [5.41, 5.74) is 1.18. The maximum Gasteiger partial charge on any atom is 0.148 e. The molecule has 2 aromatic heterocycles. The van der Waals surface area contributed by atoms with Gasteiger partial charge >= 0.3 is 0 Å². The molecule has 2 heterocycles. The summed E-state index contributed by atoms with van der Waals surface area (Å²) < 4.78 is 3.94. The molecule has 0 bridgehead atoms. The number of hydrogen-bond donors (Lipinski definition) is 1. The Bertz CT molecular complexity index is 513. The molecule has 0 saturated carbocycles. The number of nitrogens with zero attached hydrogens (tertiary/aromatic N) is 5. The number of nitrogens with one attached hydrogen (secondary N) is 1. The summed E-state index contributed by atoms with van der Waals surface area (Å²) in [5, 5.41) is 12.1. The van der Waals surface area contributed by atoms with Gasteiger partial charge < -0.3 is 5.32 Å². The van der Waals surface area contributed by atoms with Gasteiger partial charge in [-0.2, -0.15) is 10.2 Å². The van der Waals surface area contributed by atoms with E-state index in [1.54, 1.807) is 6.33 Å². The second kappa shape index (κ2) is 7.19. The number of aromatic nitrogens is 5. The predicted molar refractivity (Wildman–Crippen MR) is 78.2 cm³/mol. The first-order valence-corrected chi connectivity index (χ1v) is 7.28. The van der Waals surface area contributed by atoms with Crippen molar-refractivity contribution in [3.05, 3.63) is 30.1 Å². The van der Waals surface area contributed by atoms with Crippen molar-refractivity contribution < 1.29 is 0 Å². The van der Waals surface area contributed by atoms with Crippen LogP contribution in [0.3, 0.4) is 0 Å². The van der Waals surface area contributed by atoms with Gasteiger partial charge in [0.1, 0.15) is 18.7 Å². The molecule has 0 radical (unpaired) electrons. The molecular weight excluding hydrogens is 252 g/mol. The summed E-state index contributed by atoms with van der Waals surface area (Å²) in [6.07, 6.45) is 4.51. The molecule has 0 fully saturated rings. The Balaban J connectivity index is 1.99. The third kappa shape index (κ3) is 3.90. The van der Waals surface area contributed by atoms with Crippen molar-refractivity contribution in [2.75, 3.05) is 6.54 Å². The van der Waals surface area contributed by atoms with E-state index in [4.69, 9.17) is 0 Å². The molecule has 20 heavy (non-hydrogen) atoms. The average Bonchev–Trinajstić information content (AvgIpc) is 3.01. The van der Waals surface area contributed by atoms with Gasteiger partial charge in [0, 0.05) is 19.3 Å². The maximum absolute atomic E-state index is 4.39. The van der Waals surface area contributed by atoms with E-state index < -0.39 is 0 Å². The van der Waals surface area contributed by atoms with Gasteiger partial charge in [-0.25, -0.2) is 9.67 Å². The van der Waals surface area contributed by atoms with Gasteiger partial charge in [0.25, 0.3) is 0 Å². The molecule has 0 aliphatic carbocycles. The third-order valence-corrected chi connectivity index (χ3v) is 3.09. The van der Waals surface area contributed by atoms with Crippen LogP contribution < -0.4 is 5.32 Å². The standard InChI is InChI=1S/C14H24N6/c1-4-7-19-14(16-11-18-19)10-20-13(5-6-17-20)9-15-8-12(2)3/h5-6,11-12,15H,4,7-10H2,1-3H3. The van der Waals surface area contributed by atoms with Crippen molar-refractivity contribution in [1.82, 2.24) is 29.9 Å². The van der Waals surface area contributed by atoms with Crippen LogP contribution in [0, 0.1) is 5.92 Å². The second-order valence-corrected chi connectivity index (χ2v) is 5.40. The van der Waals surface area contributed by atoms with Crippen LogP contribution in [0.25, 0.3) is 0 Å². The third-order valence-electron chi connectivity index (χ3n) is 3.09. The normalized spacial score (nSPS) is 11.4. The van der Waals surface area contributed by atoms with Crippen LogP contribution in [0.2, 0.25) is 0 Å². The van der Waals surface area contributed by atoms with Crippen molar-refractivity contribution >= 4 is 0 Å². The molecule has 0 atom stereocenters. The van der Waals surface area contributed by atoms with Crippen LogP contribution in [-0.2, 0) is 19.6 Å². The Kier molecular flexibility index (Phi) is 5.29. The first-order valence-electron chi connectivity index (χ1n) is 7.28. The zero-order chi connectivity index (χ0) is 14.4. The highest BCUT2D eigenvalue weighted by Gasteiger charge is 2.08. The van der Waals surface area contributed by atoms with Gasteiger partial charge in [-0.15, -0.1) is 0 Å². The molecule has 0 spiro atoms. The molecule has 1 N–H and O–H groups in total. The van der Waals surface area contributed by atoms with Crippen molar-refractivity contribution in [3.63, 3.8) is 0 Å². The van der Waals surface area contributed by atoms with Gasteiger partial charge in [0.2, 0.25) is 0 Å². The summed E-state index contributed by atoms with van der Waals surface area (Å²) >= 11 is 0. The van der Waals surface area contributed by atoms with E-state index in [2.05, 4.69) is 41.3 Å². The minimum atomic E-state index is 0.652. The van der Waals surface area contributed by atoms with Gasteiger partial charge in [0.05, 0.1) is 5.69 Å². The molecule has 2 aromatic rings. The summed E-state index contributed by atoms with van der Waals surface area (Å²) in [7, 11) is 0. The first kappa shape index (κ1) is 14.7. The Labute approximate surface area is 120 Å². The number of rotatable bonds is 8. The summed E-state index contributed by atoms with van der Waals surface area (Å²) in [6.45, 7) is 9.97. The maximum atomic E-state index is 4.39. The lowest BCUT2D eigenvalue weighted by atomic mass is 10.2. The smallest absolute Gasteiger partial charge is 0.148 e. The van der Waals surface area contributed by atoms with Crippen LogP contribution in [0.5, 0.6) is 0 Å². The predicted octanol–water partition coefficient (Wildman–Crippen LogP) is 1.68. The van der Waals surface area contributed by atoms with Crippen molar-refractivity contribution in [2.45, 2.75) is 46.8 Å². The summed E-state index contributed by atoms with van der Waals surface area (Å²) in [6, 6.07) is 2.05. The Hall–Kier alpha value is -1.69. The molecule has 0 aliphatic rings. The van der Waals surface area contributed by atoms with Crippen molar-refractivity contribution in [1.29, 1.82) is 0 Å². The van der Waals surface area contributed by atoms with Crippen molar-refractivity contribution in [2.24, 2.45) is 5.92 Å². The van der Waals surface area contributed by atoms with E-state index in [-0.39, 0.29) is 0 Å². The molecule has 6 nitrogen and oxygen atoms in total. The molecule has 110 valence electrons. The van der Waals surface area contributed by atoms with E-state index >= 15 is 0 Å². The Morgan fingerprint density at radius 2 is 2.10 bits per heavy atom. The monoisotopic (exact) mass is 276 g/mol. The van der Waals surface area contributed by atoms with E-state index in [0.717, 1.165) is 31.9 Å². The highest BCUT2D eigenvalue weighted by atomic mass is 15.4. The zero-order valence-corrected chi connectivity index (χ0v) is 12.6. The van der Waals surface area contributed by atoms with Crippen molar-refractivity contribution in [3.8, 4) is 0 Å². The first-order chi connectivity index (χ1) is 9.70. The van der Waals surface area contributed by atoms with Gasteiger partial charge in [-0.05, 0) is 24.9 Å². The highest BCUT2D eigenvalue weighted by Crippen LogP contribution is 2.04. The van der Waals surface area contributed by atoms with Crippen LogP contribution in [0.4, 0.5) is 0 Å². The van der Waals surface area contributed by atoms with E-state index in [9.17, 15) is 0 Å². The van der Waals surface area contributed by atoms with Crippen LogP contribution in [0.1, 0.15) is 38.7 Å². The van der Waals surface area contributed by atoms with Crippen LogP contribution in [-0.4, -0.2) is 31.1 Å². The fourth-order valence-electron chi connectivity index (χ4n) is 2.08. The molecule has 6 heteroatoms. The molecule has 0 aliphatic heterocycles. The van der Waals surface area contributed by atoms with Gasteiger partial charge in [-0.3, -0.25) is 4.68 Å². The molecule has 0 unspecified atom stereocenters. The topological polar surface area (TPSA) is 60.6 Å². The Morgan fingerprint density at radius 3 is 2.85 bits per heavy atom. The number of aryl methyl sites for hydroxylation is 1. The van der Waals surface area contributed by atoms with E-state index in [1.165, 1.54) is 5.69 Å². The molecule has 0 aromatic carbocycles. The molecule has 0 amide bonds. The second-order valence-electron chi connectivity index (χ2n) is 5.40. The fraction of sp³-hybridized carbons (Fsp3) is 0.643. The summed E-state index contributed by atoms with van der Waals surface area (Å²) in [4.78, 5) is 4.33. The minimum absolute atomic E-state index is 0.652. The Morgan fingerprint density at radius 1 is 1.25 bits per heavy atom. The number of hydrogen-bond acceptors (Lipinski definition) is 4. The fourth-order valence-corrected chi connectivity index (χ4v) is 2.08. The van der Waals surface area contributed by atoms with E-state index in [1.807, 2.05) is 21.6 Å². The molecule has 2 rings (SSSR count). The largest absolute Gasteiger partial charge is 0.311 e. The summed E-state index contributed by atoms with van der Waals surface area (Å²) in [5.74, 6) is 1.61. The lowest BCUT2D eigenvalue weighted by Crippen LogP contribution is -2.22. The SMILES string of the molecule is CCCn1ncnc1Cn1nccc1CNCC(C)C.